The third kappa shape index (κ3) is 3.88. The summed E-state index contributed by atoms with van der Waals surface area (Å²) in [4.78, 5) is 32.1. The summed E-state index contributed by atoms with van der Waals surface area (Å²) in [5, 5.41) is 2.21. The van der Waals surface area contributed by atoms with Crippen molar-refractivity contribution in [1.29, 1.82) is 0 Å². The van der Waals surface area contributed by atoms with Crippen molar-refractivity contribution < 1.29 is 9.18 Å². The van der Waals surface area contributed by atoms with E-state index in [-0.39, 0.29) is 23.0 Å². The number of hydrogen-bond donors (Lipinski definition) is 0. The quantitative estimate of drug-likeness (QED) is 0.336. The van der Waals surface area contributed by atoms with E-state index in [9.17, 15) is 14.0 Å². The Balaban J connectivity index is 1.71. The van der Waals surface area contributed by atoms with E-state index in [0.717, 1.165) is 5.69 Å². The Morgan fingerprint density at radius 1 is 1.20 bits per heavy atom. The Bertz CT molecular complexity index is 1280. The van der Waals surface area contributed by atoms with Crippen LogP contribution in [0.25, 0.3) is 15.9 Å². The van der Waals surface area contributed by atoms with Crippen LogP contribution in [0.4, 0.5) is 10.1 Å². The highest BCUT2D eigenvalue weighted by Gasteiger charge is 2.18. The molecule has 5 nitrogen and oxygen atoms in total. The summed E-state index contributed by atoms with van der Waals surface area (Å²) >= 11 is 2.50. The van der Waals surface area contributed by atoms with Gasteiger partial charge in [-0.3, -0.25) is 14.2 Å². The first-order valence-electron chi connectivity index (χ1n) is 9.17. The number of aromatic nitrogens is 2. The van der Waals surface area contributed by atoms with Crippen molar-refractivity contribution in [1.82, 2.24) is 9.55 Å². The number of hydrogen-bond acceptors (Lipinski definition) is 5. The molecule has 0 saturated heterocycles. The van der Waals surface area contributed by atoms with E-state index in [1.165, 1.54) is 39.8 Å². The zero-order valence-corrected chi connectivity index (χ0v) is 18.0. The number of halogens is 1. The number of fused-ring (bicyclic) bond motifs is 1. The van der Waals surface area contributed by atoms with E-state index >= 15 is 0 Å². The fourth-order valence-electron chi connectivity index (χ4n) is 3.09. The molecule has 0 radical (unpaired) electrons. The SMILES string of the molecule is Cc1cc(F)ccc1-n1c(SCC(=O)N(C)c2ccccc2)nc2ccsc2c1=O. The highest BCUT2D eigenvalue weighted by molar-refractivity contribution is 7.99. The van der Waals surface area contributed by atoms with Gasteiger partial charge in [-0.1, -0.05) is 30.0 Å². The predicted molar refractivity (Wildman–Crippen MR) is 120 cm³/mol. The molecule has 4 rings (SSSR count). The second-order valence-corrected chi connectivity index (χ2v) is 8.54. The average molecular weight is 440 g/mol. The van der Waals surface area contributed by atoms with Crippen molar-refractivity contribution in [3.05, 3.63) is 81.7 Å². The van der Waals surface area contributed by atoms with Crippen LogP contribution in [0.15, 0.2) is 69.9 Å². The summed E-state index contributed by atoms with van der Waals surface area (Å²) in [5.41, 5.74) is 2.32. The number of thiophene rings is 1. The Morgan fingerprint density at radius 3 is 2.70 bits per heavy atom. The summed E-state index contributed by atoms with van der Waals surface area (Å²) in [6, 6.07) is 15.4. The molecule has 2 aromatic heterocycles. The van der Waals surface area contributed by atoms with Crippen molar-refractivity contribution >= 4 is 44.9 Å². The van der Waals surface area contributed by atoms with Crippen LogP contribution < -0.4 is 10.5 Å². The van der Waals surface area contributed by atoms with Crippen molar-refractivity contribution in [2.75, 3.05) is 17.7 Å². The van der Waals surface area contributed by atoms with Crippen molar-refractivity contribution in [3.63, 3.8) is 0 Å². The van der Waals surface area contributed by atoms with Gasteiger partial charge in [0.2, 0.25) is 5.91 Å². The lowest BCUT2D eigenvalue weighted by Crippen LogP contribution is -2.28. The third-order valence-corrected chi connectivity index (χ3v) is 6.51. The van der Waals surface area contributed by atoms with E-state index in [1.54, 1.807) is 31.0 Å². The summed E-state index contributed by atoms with van der Waals surface area (Å²) < 4.78 is 15.6. The number of para-hydroxylation sites is 1. The lowest BCUT2D eigenvalue weighted by atomic mass is 10.2. The molecule has 0 N–H and O–H groups in total. The molecule has 2 aromatic carbocycles. The molecule has 0 aliphatic rings. The van der Waals surface area contributed by atoms with Gasteiger partial charge in [0, 0.05) is 12.7 Å². The van der Waals surface area contributed by atoms with Gasteiger partial charge in [0.05, 0.1) is 17.0 Å². The number of benzene rings is 2. The lowest BCUT2D eigenvalue weighted by Gasteiger charge is -2.18. The molecule has 4 aromatic rings. The van der Waals surface area contributed by atoms with E-state index in [1.807, 2.05) is 35.7 Å². The number of amides is 1. The molecule has 0 spiro atoms. The standard InChI is InChI=1S/C22H18FN3O2S2/c1-14-12-15(23)8-9-18(14)26-21(28)20-17(10-11-29-20)24-22(26)30-13-19(27)25(2)16-6-4-3-5-7-16/h3-12H,13H2,1-2H3. The number of aryl methyl sites for hydroxylation is 1. The molecular weight excluding hydrogens is 421 g/mol. The third-order valence-electron chi connectivity index (χ3n) is 4.69. The molecule has 152 valence electrons. The minimum Gasteiger partial charge on any atom is -0.315 e. The Morgan fingerprint density at radius 2 is 1.97 bits per heavy atom. The maximum absolute atomic E-state index is 13.6. The van der Waals surface area contributed by atoms with Gasteiger partial charge < -0.3 is 4.90 Å². The van der Waals surface area contributed by atoms with E-state index in [2.05, 4.69) is 4.98 Å². The number of thioether (sulfide) groups is 1. The molecular formula is C22H18FN3O2S2. The summed E-state index contributed by atoms with van der Waals surface area (Å²) in [5.74, 6) is -0.384. The van der Waals surface area contributed by atoms with Gasteiger partial charge >= 0.3 is 0 Å². The monoisotopic (exact) mass is 439 g/mol. The maximum atomic E-state index is 13.6. The Kier molecular flexibility index (Phi) is 5.69. The highest BCUT2D eigenvalue weighted by Crippen LogP contribution is 2.26. The van der Waals surface area contributed by atoms with Gasteiger partial charge in [-0.25, -0.2) is 9.37 Å². The van der Waals surface area contributed by atoms with Gasteiger partial charge in [-0.15, -0.1) is 11.3 Å². The fourth-order valence-corrected chi connectivity index (χ4v) is 4.77. The minimum absolute atomic E-state index is 0.105. The smallest absolute Gasteiger partial charge is 0.276 e. The topological polar surface area (TPSA) is 55.2 Å². The summed E-state index contributed by atoms with van der Waals surface area (Å²) in [7, 11) is 1.71. The van der Waals surface area contributed by atoms with Gasteiger partial charge in [0.25, 0.3) is 5.56 Å². The molecule has 1 amide bonds. The van der Waals surface area contributed by atoms with Gasteiger partial charge in [0.15, 0.2) is 5.16 Å². The van der Waals surface area contributed by atoms with Crippen LogP contribution in [0, 0.1) is 12.7 Å². The molecule has 0 fully saturated rings. The second-order valence-electron chi connectivity index (χ2n) is 6.68. The molecule has 0 bridgehead atoms. The van der Waals surface area contributed by atoms with Crippen LogP contribution in [-0.2, 0) is 4.79 Å². The van der Waals surface area contributed by atoms with Crippen LogP contribution in [0.1, 0.15) is 5.56 Å². The zero-order valence-electron chi connectivity index (χ0n) is 16.3. The van der Waals surface area contributed by atoms with Gasteiger partial charge in [-0.2, -0.15) is 0 Å². The first kappa shape index (κ1) is 20.3. The Labute approximate surface area is 180 Å². The largest absolute Gasteiger partial charge is 0.315 e. The first-order valence-corrected chi connectivity index (χ1v) is 11.0. The molecule has 0 aliphatic heterocycles. The second kappa shape index (κ2) is 8.41. The first-order chi connectivity index (χ1) is 14.5. The summed E-state index contributed by atoms with van der Waals surface area (Å²) in [6.07, 6.45) is 0. The van der Waals surface area contributed by atoms with Crippen LogP contribution in [0.2, 0.25) is 0 Å². The maximum Gasteiger partial charge on any atom is 0.276 e. The Hall–Kier alpha value is -2.97. The van der Waals surface area contributed by atoms with Crippen LogP contribution in [-0.4, -0.2) is 28.3 Å². The van der Waals surface area contributed by atoms with Crippen LogP contribution in [0.5, 0.6) is 0 Å². The van der Waals surface area contributed by atoms with E-state index in [0.29, 0.717) is 26.6 Å². The minimum atomic E-state index is -0.372. The number of carbonyl (C=O) groups excluding carboxylic acids is 1. The molecule has 8 heteroatoms. The molecule has 0 aliphatic carbocycles. The molecule has 2 heterocycles. The van der Waals surface area contributed by atoms with Crippen molar-refractivity contribution in [3.8, 4) is 5.69 Å². The molecule has 0 saturated carbocycles. The lowest BCUT2D eigenvalue weighted by molar-refractivity contribution is -0.115. The molecule has 30 heavy (non-hydrogen) atoms. The number of rotatable bonds is 5. The number of anilines is 1. The van der Waals surface area contributed by atoms with E-state index < -0.39 is 0 Å². The normalized spacial score (nSPS) is 11.0. The average Bonchev–Trinajstić information content (AvgIpc) is 3.22. The summed E-state index contributed by atoms with van der Waals surface area (Å²) in [6.45, 7) is 1.74. The van der Waals surface area contributed by atoms with Crippen molar-refractivity contribution in [2.24, 2.45) is 0 Å². The van der Waals surface area contributed by atoms with E-state index in [4.69, 9.17) is 0 Å². The highest BCUT2D eigenvalue weighted by atomic mass is 32.2. The number of carbonyl (C=O) groups is 1. The molecule has 0 unspecified atom stereocenters. The zero-order chi connectivity index (χ0) is 21.3. The van der Waals surface area contributed by atoms with Crippen molar-refractivity contribution in [2.45, 2.75) is 12.1 Å². The van der Waals surface area contributed by atoms with Gasteiger partial charge in [0.1, 0.15) is 10.5 Å². The van der Waals surface area contributed by atoms with Gasteiger partial charge in [-0.05, 0) is 54.3 Å². The molecule has 0 atom stereocenters. The van der Waals surface area contributed by atoms with Crippen LogP contribution in [0.3, 0.4) is 0 Å². The predicted octanol–water partition coefficient (Wildman–Crippen LogP) is 4.65. The van der Waals surface area contributed by atoms with Crippen LogP contribution >= 0.6 is 23.1 Å². The fraction of sp³-hybridized carbons (Fsp3) is 0.136. The number of nitrogens with zero attached hydrogens (tertiary/aromatic N) is 3.